The van der Waals surface area contributed by atoms with Crippen LogP contribution in [-0.2, 0) is 4.79 Å². The average Bonchev–Trinajstić information content (AvgIpc) is 3.10. The maximum absolute atomic E-state index is 11.9. The first kappa shape index (κ1) is 11.9. The molecule has 0 aromatic heterocycles. The Hall–Kier alpha value is -0.610. The lowest BCUT2D eigenvalue weighted by Crippen LogP contribution is -2.44. The Kier molecular flexibility index (Phi) is 4.18. The Morgan fingerprint density at radius 1 is 1.38 bits per heavy atom. The Bertz CT molecular complexity index is 239. The van der Waals surface area contributed by atoms with E-state index in [1.807, 2.05) is 4.90 Å². The minimum atomic E-state index is 0.231. The van der Waals surface area contributed by atoms with E-state index in [1.54, 1.807) is 0 Å². The van der Waals surface area contributed by atoms with Crippen molar-refractivity contribution < 1.29 is 9.90 Å². The highest BCUT2D eigenvalue weighted by Crippen LogP contribution is 2.20. The van der Waals surface area contributed by atoms with Crippen LogP contribution in [-0.4, -0.2) is 48.2 Å². The van der Waals surface area contributed by atoms with Crippen molar-refractivity contribution in [3.8, 4) is 0 Å². The van der Waals surface area contributed by atoms with Crippen LogP contribution in [0.1, 0.15) is 32.1 Å². The Morgan fingerprint density at radius 3 is 2.88 bits per heavy atom. The zero-order valence-corrected chi connectivity index (χ0v) is 9.82. The SMILES string of the molecule is O=C(CNC1CC1)N1CCCC(CCO)C1. The summed E-state index contributed by atoms with van der Waals surface area (Å²) in [6.45, 7) is 2.47. The van der Waals surface area contributed by atoms with Gasteiger partial charge in [-0.1, -0.05) is 0 Å². The third-order valence-corrected chi connectivity index (χ3v) is 3.53. The molecule has 1 aliphatic carbocycles. The van der Waals surface area contributed by atoms with Crippen molar-refractivity contribution in [1.29, 1.82) is 0 Å². The van der Waals surface area contributed by atoms with Crippen LogP contribution in [0.5, 0.6) is 0 Å². The van der Waals surface area contributed by atoms with Gasteiger partial charge in [0.2, 0.25) is 5.91 Å². The summed E-state index contributed by atoms with van der Waals surface area (Å²) in [5.41, 5.74) is 0. The van der Waals surface area contributed by atoms with Crippen molar-refractivity contribution in [3.63, 3.8) is 0 Å². The molecule has 0 spiro atoms. The average molecular weight is 226 g/mol. The lowest BCUT2D eigenvalue weighted by atomic mass is 9.95. The van der Waals surface area contributed by atoms with Crippen LogP contribution >= 0.6 is 0 Å². The number of aliphatic hydroxyl groups excluding tert-OH is 1. The number of carbonyl (C=O) groups excluding carboxylic acids is 1. The molecule has 1 saturated carbocycles. The van der Waals surface area contributed by atoms with Crippen molar-refractivity contribution in [2.45, 2.75) is 38.1 Å². The van der Waals surface area contributed by atoms with Crippen LogP contribution in [0.2, 0.25) is 0 Å². The molecule has 1 atom stereocenters. The van der Waals surface area contributed by atoms with Gasteiger partial charge in [-0.15, -0.1) is 0 Å². The van der Waals surface area contributed by atoms with E-state index in [9.17, 15) is 4.79 Å². The molecule has 0 radical (unpaired) electrons. The van der Waals surface area contributed by atoms with E-state index >= 15 is 0 Å². The number of piperidine rings is 1. The smallest absolute Gasteiger partial charge is 0.236 e. The first-order valence-corrected chi connectivity index (χ1v) is 6.41. The number of nitrogens with one attached hydrogen (secondary N) is 1. The van der Waals surface area contributed by atoms with Gasteiger partial charge in [0.15, 0.2) is 0 Å². The van der Waals surface area contributed by atoms with Crippen molar-refractivity contribution in [2.24, 2.45) is 5.92 Å². The number of nitrogens with zero attached hydrogens (tertiary/aromatic N) is 1. The van der Waals surface area contributed by atoms with E-state index in [0.717, 1.165) is 32.4 Å². The second-order valence-corrected chi connectivity index (χ2v) is 5.02. The maximum atomic E-state index is 11.9. The number of hydrogen-bond acceptors (Lipinski definition) is 3. The minimum Gasteiger partial charge on any atom is -0.396 e. The molecular weight excluding hydrogens is 204 g/mol. The molecule has 16 heavy (non-hydrogen) atoms. The molecule has 4 heteroatoms. The molecule has 2 aliphatic rings. The predicted molar refractivity (Wildman–Crippen MR) is 62.0 cm³/mol. The van der Waals surface area contributed by atoms with E-state index in [4.69, 9.17) is 5.11 Å². The highest BCUT2D eigenvalue weighted by Gasteiger charge is 2.25. The highest BCUT2D eigenvalue weighted by molar-refractivity contribution is 5.78. The summed E-state index contributed by atoms with van der Waals surface area (Å²) in [5.74, 6) is 0.734. The topological polar surface area (TPSA) is 52.6 Å². The van der Waals surface area contributed by atoms with Gasteiger partial charge < -0.3 is 15.3 Å². The van der Waals surface area contributed by atoms with Crippen molar-refractivity contribution in [3.05, 3.63) is 0 Å². The van der Waals surface area contributed by atoms with Gasteiger partial charge in [-0.3, -0.25) is 4.79 Å². The molecule has 1 amide bonds. The number of hydrogen-bond donors (Lipinski definition) is 2. The fraction of sp³-hybridized carbons (Fsp3) is 0.917. The Balaban J connectivity index is 1.71. The second kappa shape index (κ2) is 5.64. The summed E-state index contributed by atoms with van der Waals surface area (Å²) in [5, 5.41) is 12.2. The van der Waals surface area contributed by atoms with Crippen LogP contribution in [0.25, 0.3) is 0 Å². The van der Waals surface area contributed by atoms with Gasteiger partial charge in [0.1, 0.15) is 0 Å². The molecule has 0 aromatic carbocycles. The maximum Gasteiger partial charge on any atom is 0.236 e. The summed E-state index contributed by atoms with van der Waals surface area (Å²) < 4.78 is 0. The Labute approximate surface area is 97.0 Å². The van der Waals surface area contributed by atoms with Crippen LogP contribution in [0.3, 0.4) is 0 Å². The van der Waals surface area contributed by atoms with E-state index in [-0.39, 0.29) is 12.5 Å². The molecule has 1 heterocycles. The first-order chi connectivity index (χ1) is 7.79. The molecule has 4 nitrogen and oxygen atoms in total. The number of carbonyl (C=O) groups is 1. The van der Waals surface area contributed by atoms with Crippen molar-refractivity contribution in [1.82, 2.24) is 10.2 Å². The number of rotatable bonds is 5. The largest absolute Gasteiger partial charge is 0.396 e. The van der Waals surface area contributed by atoms with E-state index < -0.39 is 0 Å². The molecule has 2 rings (SSSR count). The lowest BCUT2D eigenvalue weighted by molar-refractivity contribution is -0.132. The number of amides is 1. The molecular formula is C12H22N2O2. The fourth-order valence-electron chi connectivity index (χ4n) is 2.34. The van der Waals surface area contributed by atoms with Crippen LogP contribution in [0.15, 0.2) is 0 Å². The highest BCUT2D eigenvalue weighted by atomic mass is 16.3. The van der Waals surface area contributed by atoms with Gasteiger partial charge >= 0.3 is 0 Å². The van der Waals surface area contributed by atoms with Crippen LogP contribution in [0, 0.1) is 5.92 Å². The second-order valence-electron chi connectivity index (χ2n) is 5.02. The quantitative estimate of drug-likeness (QED) is 0.711. The monoisotopic (exact) mass is 226 g/mol. The van der Waals surface area contributed by atoms with Crippen LogP contribution in [0.4, 0.5) is 0 Å². The number of aliphatic hydroxyl groups is 1. The third kappa shape index (κ3) is 3.46. The summed E-state index contributed by atoms with van der Waals surface area (Å²) in [4.78, 5) is 13.8. The molecule has 1 saturated heterocycles. The van der Waals surface area contributed by atoms with E-state index in [2.05, 4.69) is 5.32 Å². The molecule has 0 aromatic rings. The van der Waals surface area contributed by atoms with Crippen molar-refractivity contribution in [2.75, 3.05) is 26.2 Å². The molecule has 1 aliphatic heterocycles. The van der Waals surface area contributed by atoms with E-state index in [1.165, 1.54) is 12.8 Å². The Morgan fingerprint density at radius 2 is 2.19 bits per heavy atom. The molecule has 2 N–H and O–H groups in total. The van der Waals surface area contributed by atoms with Gasteiger partial charge in [-0.05, 0) is 38.0 Å². The van der Waals surface area contributed by atoms with Gasteiger partial charge in [-0.2, -0.15) is 0 Å². The zero-order chi connectivity index (χ0) is 11.4. The lowest BCUT2D eigenvalue weighted by Gasteiger charge is -2.32. The van der Waals surface area contributed by atoms with Crippen LogP contribution < -0.4 is 5.32 Å². The minimum absolute atomic E-state index is 0.231. The van der Waals surface area contributed by atoms with Gasteiger partial charge in [0.05, 0.1) is 6.54 Å². The van der Waals surface area contributed by atoms with E-state index in [0.29, 0.717) is 18.5 Å². The standard InChI is InChI=1S/C12H22N2O2/c15-7-5-10-2-1-6-14(9-10)12(16)8-13-11-3-4-11/h10-11,13,15H,1-9H2. The fourth-order valence-corrected chi connectivity index (χ4v) is 2.34. The normalized spacial score (nSPS) is 25.8. The van der Waals surface area contributed by atoms with Crippen molar-refractivity contribution >= 4 is 5.91 Å². The molecule has 0 bridgehead atoms. The summed E-state index contributed by atoms with van der Waals surface area (Å²) in [6.07, 6.45) is 5.51. The summed E-state index contributed by atoms with van der Waals surface area (Å²) in [6, 6.07) is 0.599. The molecule has 2 fully saturated rings. The zero-order valence-electron chi connectivity index (χ0n) is 9.82. The molecule has 92 valence electrons. The third-order valence-electron chi connectivity index (χ3n) is 3.53. The summed E-state index contributed by atoms with van der Waals surface area (Å²) >= 11 is 0. The van der Waals surface area contributed by atoms with Gasteiger partial charge in [0, 0.05) is 25.7 Å². The van der Waals surface area contributed by atoms with Gasteiger partial charge in [0.25, 0.3) is 0 Å². The summed E-state index contributed by atoms with van der Waals surface area (Å²) in [7, 11) is 0. The number of likely N-dealkylation sites (tertiary alicyclic amines) is 1. The predicted octanol–water partition coefficient (Wildman–Crippen LogP) is 0.359. The van der Waals surface area contributed by atoms with Gasteiger partial charge in [-0.25, -0.2) is 0 Å². The molecule has 1 unspecified atom stereocenters. The first-order valence-electron chi connectivity index (χ1n) is 6.41.